The van der Waals surface area contributed by atoms with Crippen molar-refractivity contribution in [1.29, 1.82) is 0 Å². The molecule has 2 aliphatic rings. The highest BCUT2D eigenvalue weighted by Crippen LogP contribution is 2.45. The zero-order valence-electron chi connectivity index (χ0n) is 10.2. The number of β-amino-alcohol motifs (C(OH)–C–C–N with tert-alkyl or cyclic N) is 1. The van der Waals surface area contributed by atoms with Crippen molar-refractivity contribution >= 4 is 16.9 Å². The summed E-state index contributed by atoms with van der Waals surface area (Å²) >= 11 is 0. The van der Waals surface area contributed by atoms with Crippen LogP contribution in [0.4, 0.5) is 5.82 Å². The Balaban J connectivity index is 1.68. The van der Waals surface area contributed by atoms with Gasteiger partial charge in [0.25, 0.3) is 0 Å². The summed E-state index contributed by atoms with van der Waals surface area (Å²) in [6.07, 6.45) is 5.68. The molecule has 1 aliphatic carbocycles. The summed E-state index contributed by atoms with van der Waals surface area (Å²) in [7, 11) is 1.87. The van der Waals surface area contributed by atoms with E-state index < -0.39 is 5.60 Å². The molecule has 4 rings (SSSR count). The lowest BCUT2D eigenvalue weighted by Crippen LogP contribution is -2.63. The minimum atomic E-state index is -0.487. The van der Waals surface area contributed by atoms with Crippen molar-refractivity contribution in [3.8, 4) is 0 Å². The molecular formula is C12H15N5O. The number of hydrogen-bond acceptors (Lipinski definition) is 5. The van der Waals surface area contributed by atoms with Crippen LogP contribution in [0, 0.1) is 5.92 Å². The Hall–Kier alpha value is -1.69. The molecule has 0 amide bonds. The lowest BCUT2D eigenvalue weighted by atomic mass is 9.88. The molecular weight excluding hydrogens is 230 g/mol. The number of nitrogens with zero attached hydrogens (tertiary/aromatic N) is 5. The minimum absolute atomic E-state index is 0.487. The van der Waals surface area contributed by atoms with E-state index in [0.717, 1.165) is 29.7 Å². The third kappa shape index (κ3) is 1.29. The quantitative estimate of drug-likeness (QED) is 0.825. The van der Waals surface area contributed by atoms with Crippen LogP contribution in [0.25, 0.3) is 11.0 Å². The molecule has 0 unspecified atom stereocenters. The predicted molar refractivity (Wildman–Crippen MR) is 66.2 cm³/mol. The zero-order valence-corrected chi connectivity index (χ0v) is 10.2. The van der Waals surface area contributed by atoms with Crippen LogP contribution in [0.1, 0.15) is 12.8 Å². The highest BCUT2D eigenvalue weighted by molar-refractivity contribution is 5.87. The first-order valence-electron chi connectivity index (χ1n) is 6.27. The number of aromatic nitrogens is 4. The Labute approximate surface area is 104 Å². The first kappa shape index (κ1) is 10.3. The number of rotatable bonds is 2. The third-order valence-corrected chi connectivity index (χ3v) is 4.07. The summed E-state index contributed by atoms with van der Waals surface area (Å²) < 4.78 is 1.74. The highest BCUT2D eigenvalue weighted by Gasteiger charge is 2.52. The molecule has 1 aliphatic heterocycles. The van der Waals surface area contributed by atoms with Crippen LogP contribution in [0.15, 0.2) is 12.5 Å². The van der Waals surface area contributed by atoms with Crippen LogP contribution in [0.3, 0.4) is 0 Å². The van der Waals surface area contributed by atoms with E-state index in [9.17, 15) is 5.11 Å². The lowest BCUT2D eigenvalue weighted by molar-refractivity contribution is -0.00958. The van der Waals surface area contributed by atoms with Crippen LogP contribution in [0.5, 0.6) is 0 Å². The average Bonchev–Trinajstić information content (AvgIpc) is 3.11. The van der Waals surface area contributed by atoms with E-state index in [1.165, 1.54) is 0 Å². The van der Waals surface area contributed by atoms with Gasteiger partial charge in [0, 0.05) is 7.05 Å². The van der Waals surface area contributed by atoms with E-state index in [-0.39, 0.29) is 0 Å². The maximum absolute atomic E-state index is 10.4. The number of aliphatic hydroxyl groups is 1. The van der Waals surface area contributed by atoms with Gasteiger partial charge in [0.05, 0.1) is 24.7 Å². The van der Waals surface area contributed by atoms with Gasteiger partial charge in [-0.3, -0.25) is 4.68 Å². The van der Waals surface area contributed by atoms with E-state index in [2.05, 4.69) is 20.0 Å². The molecule has 1 saturated heterocycles. The minimum Gasteiger partial charge on any atom is -0.386 e. The number of fused-ring (bicyclic) bond motifs is 1. The van der Waals surface area contributed by atoms with Crippen LogP contribution in [0.2, 0.25) is 0 Å². The predicted octanol–water partition coefficient (Wildman–Crippen LogP) is 0.324. The Morgan fingerprint density at radius 2 is 2.11 bits per heavy atom. The van der Waals surface area contributed by atoms with Gasteiger partial charge >= 0.3 is 0 Å². The molecule has 0 aromatic carbocycles. The third-order valence-electron chi connectivity index (χ3n) is 4.07. The topological polar surface area (TPSA) is 67.1 Å². The fourth-order valence-corrected chi connectivity index (χ4v) is 2.85. The molecule has 0 atom stereocenters. The van der Waals surface area contributed by atoms with Gasteiger partial charge in [-0.15, -0.1) is 0 Å². The molecule has 3 heterocycles. The highest BCUT2D eigenvalue weighted by atomic mass is 16.3. The fourth-order valence-electron chi connectivity index (χ4n) is 2.85. The van der Waals surface area contributed by atoms with E-state index in [1.807, 2.05) is 7.05 Å². The maximum Gasteiger partial charge on any atom is 0.163 e. The normalized spacial score (nSPS) is 22.2. The van der Waals surface area contributed by atoms with Crippen molar-refractivity contribution < 1.29 is 5.11 Å². The van der Waals surface area contributed by atoms with Gasteiger partial charge in [-0.1, -0.05) is 0 Å². The first-order chi connectivity index (χ1) is 8.67. The van der Waals surface area contributed by atoms with Crippen molar-refractivity contribution in [2.24, 2.45) is 13.0 Å². The molecule has 18 heavy (non-hydrogen) atoms. The smallest absolute Gasteiger partial charge is 0.163 e. The Kier molecular flexibility index (Phi) is 1.82. The second-order valence-corrected chi connectivity index (χ2v) is 5.44. The van der Waals surface area contributed by atoms with E-state index >= 15 is 0 Å². The Morgan fingerprint density at radius 3 is 2.83 bits per heavy atom. The van der Waals surface area contributed by atoms with Gasteiger partial charge < -0.3 is 10.0 Å². The Bertz CT molecular complexity index is 612. The number of aryl methyl sites for hydroxylation is 1. The molecule has 0 spiro atoms. The van der Waals surface area contributed by atoms with Crippen molar-refractivity contribution in [1.82, 2.24) is 19.7 Å². The van der Waals surface area contributed by atoms with E-state index in [4.69, 9.17) is 0 Å². The summed E-state index contributed by atoms with van der Waals surface area (Å²) in [5, 5.41) is 15.5. The summed E-state index contributed by atoms with van der Waals surface area (Å²) in [6.45, 7) is 1.36. The van der Waals surface area contributed by atoms with Gasteiger partial charge in [0.15, 0.2) is 5.65 Å². The summed E-state index contributed by atoms with van der Waals surface area (Å²) in [5.41, 5.74) is 0.348. The summed E-state index contributed by atoms with van der Waals surface area (Å²) in [5.74, 6) is 1.39. The van der Waals surface area contributed by atoms with Gasteiger partial charge in [0.1, 0.15) is 17.7 Å². The number of hydrogen-bond donors (Lipinski definition) is 1. The van der Waals surface area contributed by atoms with E-state index in [1.54, 1.807) is 17.2 Å². The monoisotopic (exact) mass is 245 g/mol. The molecule has 1 N–H and O–H groups in total. The second kappa shape index (κ2) is 3.20. The first-order valence-corrected chi connectivity index (χ1v) is 6.27. The van der Waals surface area contributed by atoms with Crippen LogP contribution in [-0.4, -0.2) is 43.5 Å². The van der Waals surface area contributed by atoms with Gasteiger partial charge in [0.2, 0.25) is 0 Å². The molecule has 1 saturated carbocycles. The fraction of sp³-hybridized carbons (Fsp3) is 0.583. The van der Waals surface area contributed by atoms with Crippen molar-refractivity contribution in [3.05, 3.63) is 12.5 Å². The molecule has 0 bridgehead atoms. The molecule has 94 valence electrons. The molecule has 6 nitrogen and oxygen atoms in total. The molecule has 2 aromatic heterocycles. The molecule has 6 heteroatoms. The van der Waals surface area contributed by atoms with Gasteiger partial charge in [-0.2, -0.15) is 5.10 Å². The van der Waals surface area contributed by atoms with Crippen LogP contribution >= 0.6 is 0 Å². The van der Waals surface area contributed by atoms with Crippen molar-refractivity contribution in [2.45, 2.75) is 18.4 Å². The van der Waals surface area contributed by atoms with Crippen molar-refractivity contribution in [3.63, 3.8) is 0 Å². The van der Waals surface area contributed by atoms with Gasteiger partial charge in [-0.05, 0) is 18.8 Å². The van der Waals surface area contributed by atoms with Crippen LogP contribution in [-0.2, 0) is 7.05 Å². The maximum atomic E-state index is 10.4. The molecule has 0 radical (unpaired) electrons. The summed E-state index contributed by atoms with van der Waals surface area (Å²) in [6, 6.07) is 0. The van der Waals surface area contributed by atoms with Crippen LogP contribution < -0.4 is 4.90 Å². The number of anilines is 1. The van der Waals surface area contributed by atoms with Gasteiger partial charge in [-0.25, -0.2) is 9.97 Å². The largest absolute Gasteiger partial charge is 0.386 e. The second-order valence-electron chi connectivity index (χ2n) is 5.44. The molecule has 2 fully saturated rings. The molecule has 2 aromatic rings. The SMILES string of the molecule is Cn1ncc2c(N3CC(O)(C4CC4)C3)ncnc21. The average molecular weight is 245 g/mol. The zero-order chi connectivity index (χ0) is 12.3. The summed E-state index contributed by atoms with van der Waals surface area (Å²) in [4.78, 5) is 10.7. The van der Waals surface area contributed by atoms with Crippen molar-refractivity contribution in [2.75, 3.05) is 18.0 Å². The Morgan fingerprint density at radius 1 is 1.33 bits per heavy atom. The van der Waals surface area contributed by atoms with E-state index in [0.29, 0.717) is 19.0 Å². The lowest BCUT2D eigenvalue weighted by Gasteiger charge is -2.47. The standard InChI is InChI=1S/C12H15N5O/c1-16-10-9(4-15-16)11(14-7-13-10)17-5-12(18,6-17)8-2-3-8/h4,7-8,18H,2-3,5-6H2,1H3.